The molecule has 0 fully saturated rings. The van der Waals surface area contributed by atoms with E-state index < -0.39 is 6.10 Å². The van der Waals surface area contributed by atoms with E-state index in [2.05, 4.69) is 0 Å². The number of hydrogen-bond donors (Lipinski definition) is 1. The lowest BCUT2D eigenvalue weighted by atomic mass is 9.98. The van der Waals surface area contributed by atoms with Crippen molar-refractivity contribution in [2.75, 3.05) is 13.7 Å². The van der Waals surface area contributed by atoms with E-state index in [1.807, 2.05) is 61.5 Å². The van der Waals surface area contributed by atoms with Gasteiger partial charge in [-0.15, -0.1) is 0 Å². The first kappa shape index (κ1) is 14.6. The maximum absolute atomic E-state index is 10.5. The topological polar surface area (TPSA) is 38.7 Å². The molecule has 2 unspecified atom stereocenters. The van der Waals surface area contributed by atoms with Crippen LogP contribution in [0.15, 0.2) is 54.6 Å². The first-order chi connectivity index (χ1) is 9.76. The molecule has 0 saturated carbocycles. The fraction of sp³-hybridized carbons (Fsp3) is 0.294. The summed E-state index contributed by atoms with van der Waals surface area (Å²) in [4.78, 5) is 0. The average molecular weight is 272 g/mol. The Kier molecular flexibility index (Phi) is 5.16. The molecule has 1 N–H and O–H groups in total. The number of aliphatic hydroxyl groups excluding tert-OH is 1. The van der Waals surface area contributed by atoms with Gasteiger partial charge in [-0.05, 0) is 30.2 Å². The van der Waals surface area contributed by atoms with Crippen molar-refractivity contribution >= 4 is 0 Å². The van der Waals surface area contributed by atoms with E-state index >= 15 is 0 Å². The van der Waals surface area contributed by atoms with Crippen LogP contribution >= 0.6 is 0 Å². The minimum Gasteiger partial charge on any atom is -0.494 e. The van der Waals surface area contributed by atoms with E-state index in [1.54, 1.807) is 7.11 Å². The molecule has 0 radical (unpaired) electrons. The van der Waals surface area contributed by atoms with Gasteiger partial charge in [-0.2, -0.15) is 0 Å². The molecule has 2 atom stereocenters. The summed E-state index contributed by atoms with van der Waals surface area (Å²) in [5.74, 6) is 0.803. The second kappa shape index (κ2) is 7.08. The lowest BCUT2D eigenvalue weighted by molar-refractivity contribution is -0.0149. The summed E-state index contributed by atoms with van der Waals surface area (Å²) in [7, 11) is 1.61. The van der Waals surface area contributed by atoms with Gasteiger partial charge in [0.15, 0.2) is 0 Å². The van der Waals surface area contributed by atoms with E-state index in [1.165, 1.54) is 0 Å². The van der Waals surface area contributed by atoms with Gasteiger partial charge in [-0.25, -0.2) is 0 Å². The fourth-order valence-electron chi connectivity index (χ4n) is 2.19. The summed E-state index contributed by atoms with van der Waals surface area (Å²) in [5.41, 5.74) is 1.76. The third kappa shape index (κ3) is 3.38. The molecule has 0 saturated heterocycles. The second-order valence-corrected chi connectivity index (χ2v) is 4.51. The molecule has 3 nitrogen and oxygen atoms in total. The Hall–Kier alpha value is -1.84. The maximum Gasteiger partial charge on any atom is 0.119 e. The van der Waals surface area contributed by atoms with Crippen LogP contribution < -0.4 is 4.74 Å². The number of rotatable bonds is 6. The smallest absolute Gasteiger partial charge is 0.119 e. The quantitative estimate of drug-likeness (QED) is 0.874. The van der Waals surface area contributed by atoms with Crippen molar-refractivity contribution in [1.82, 2.24) is 0 Å². The number of methoxy groups -OCH3 is 1. The highest BCUT2D eigenvalue weighted by Gasteiger charge is 2.22. The molecule has 2 aromatic rings. The number of hydrogen-bond acceptors (Lipinski definition) is 3. The summed E-state index contributed by atoms with van der Waals surface area (Å²) in [6.45, 7) is 2.58. The Morgan fingerprint density at radius 2 is 1.60 bits per heavy atom. The highest BCUT2D eigenvalue weighted by molar-refractivity contribution is 5.30. The van der Waals surface area contributed by atoms with Crippen molar-refractivity contribution in [2.45, 2.75) is 19.1 Å². The monoisotopic (exact) mass is 272 g/mol. The molecule has 0 spiro atoms. The summed E-state index contributed by atoms with van der Waals surface area (Å²) in [6, 6.07) is 17.2. The van der Waals surface area contributed by atoms with Crippen LogP contribution in [0.1, 0.15) is 30.3 Å². The van der Waals surface area contributed by atoms with Gasteiger partial charge in [-0.3, -0.25) is 0 Å². The van der Waals surface area contributed by atoms with Crippen LogP contribution in [0.5, 0.6) is 5.75 Å². The van der Waals surface area contributed by atoms with E-state index in [0.29, 0.717) is 6.61 Å². The molecule has 2 aromatic carbocycles. The third-order valence-electron chi connectivity index (χ3n) is 3.20. The molecule has 0 amide bonds. The van der Waals surface area contributed by atoms with Crippen molar-refractivity contribution in [3.63, 3.8) is 0 Å². The maximum atomic E-state index is 10.5. The molecule has 0 aliphatic carbocycles. The van der Waals surface area contributed by atoms with Crippen LogP contribution in [0.25, 0.3) is 0 Å². The van der Waals surface area contributed by atoms with Gasteiger partial charge < -0.3 is 14.6 Å². The molecule has 0 bridgehead atoms. The first-order valence-corrected chi connectivity index (χ1v) is 6.74. The molecule has 2 rings (SSSR count). The molecule has 3 heteroatoms. The van der Waals surface area contributed by atoms with E-state index in [-0.39, 0.29) is 6.10 Å². The van der Waals surface area contributed by atoms with Crippen LogP contribution in [-0.4, -0.2) is 18.8 Å². The average Bonchev–Trinajstić information content (AvgIpc) is 2.50. The van der Waals surface area contributed by atoms with Crippen molar-refractivity contribution < 1.29 is 14.6 Å². The summed E-state index contributed by atoms with van der Waals surface area (Å²) in [5, 5.41) is 10.5. The van der Waals surface area contributed by atoms with Crippen LogP contribution in [0.4, 0.5) is 0 Å². The van der Waals surface area contributed by atoms with Crippen LogP contribution in [0.3, 0.4) is 0 Å². The molecule has 20 heavy (non-hydrogen) atoms. The molecule has 0 heterocycles. The predicted molar refractivity (Wildman–Crippen MR) is 78.8 cm³/mol. The van der Waals surface area contributed by atoms with Crippen molar-refractivity contribution in [3.05, 3.63) is 65.7 Å². The first-order valence-electron chi connectivity index (χ1n) is 6.74. The molecule has 0 aliphatic heterocycles. The zero-order valence-electron chi connectivity index (χ0n) is 11.8. The van der Waals surface area contributed by atoms with Gasteiger partial charge in [0.05, 0.1) is 6.61 Å². The van der Waals surface area contributed by atoms with E-state index in [4.69, 9.17) is 9.47 Å². The lowest BCUT2D eigenvalue weighted by Crippen LogP contribution is -2.12. The van der Waals surface area contributed by atoms with Crippen LogP contribution in [0, 0.1) is 0 Å². The Morgan fingerprint density at radius 3 is 2.15 bits per heavy atom. The molecule has 106 valence electrons. The molecular weight excluding hydrogens is 252 g/mol. The van der Waals surface area contributed by atoms with Gasteiger partial charge in [0.1, 0.15) is 18.0 Å². The number of ether oxygens (including phenoxy) is 2. The van der Waals surface area contributed by atoms with Gasteiger partial charge in [0, 0.05) is 7.11 Å². The standard InChI is InChI=1S/C17H20O3/c1-3-20-15-11-9-13(10-12-15)16(18)17(19-2)14-7-5-4-6-8-14/h4-12,16-18H,3H2,1-2H3. The molecule has 0 aliphatic rings. The predicted octanol–water partition coefficient (Wildman–Crippen LogP) is 3.51. The minimum absolute atomic E-state index is 0.380. The zero-order valence-corrected chi connectivity index (χ0v) is 11.8. The number of aliphatic hydroxyl groups is 1. The fourth-order valence-corrected chi connectivity index (χ4v) is 2.19. The highest BCUT2D eigenvalue weighted by atomic mass is 16.5. The lowest BCUT2D eigenvalue weighted by Gasteiger charge is -2.22. The SMILES string of the molecule is CCOc1ccc(C(O)C(OC)c2ccccc2)cc1. The minimum atomic E-state index is -0.710. The van der Waals surface area contributed by atoms with E-state index in [9.17, 15) is 5.11 Å². The van der Waals surface area contributed by atoms with Gasteiger partial charge >= 0.3 is 0 Å². The van der Waals surface area contributed by atoms with Crippen LogP contribution in [-0.2, 0) is 4.74 Å². The molecule has 0 aromatic heterocycles. The zero-order chi connectivity index (χ0) is 14.4. The van der Waals surface area contributed by atoms with E-state index in [0.717, 1.165) is 16.9 Å². The Morgan fingerprint density at radius 1 is 0.950 bits per heavy atom. The van der Waals surface area contributed by atoms with Gasteiger partial charge in [0.2, 0.25) is 0 Å². The Bertz CT molecular complexity index is 508. The summed E-state index contributed by atoms with van der Waals surface area (Å²) in [6.07, 6.45) is -1.09. The summed E-state index contributed by atoms with van der Waals surface area (Å²) < 4.78 is 10.8. The van der Waals surface area contributed by atoms with Gasteiger partial charge in [0.25, 0.3) is 0 Å². The van der Waals surface area contributed by atoms with Gasteiger partial charge in [-0.1, -0.05) is 42.5 Å². The number of benzene rings is 2. The normalized spacial score (nSPS) is 13.8. The van der Waals surface area contributed by atoms with Crippen molar-refractivity contribution in [3.8, 4) is 5.75 Å². The molecular formula is C17H20O3. The third-order valence-corrected chi connectivity index (χ3v) is 3.20. The second-order valence-electron chi connectivity index (χ2n) is 4.51. The Balaban J connectivity index is 2.18. The van der Waals surface area contributed by atoms with Crippen molar-refractivity contribution in [2.24, 2.45) is 0 Å². The van der Waals surface area contributed by atoms with Crippen LogP contribution in [0.2, 0.25) is 0 Å². The van der Waals surface area contributed by atoms with Crippen molar-refractivity contribution in [1.29, 1.82) is 0 Å². The summed E-state index contributed by atoms with van der Waals surface area (Å²) >= 11 is 0. The largest absolute Gasteiger partial charge is 0.494 e. The Labute approximate surface area is 119 Å². The highest BCUT2D eigenvalue weighted by Crippen LogP contribution is 2.32.